The zero-order chi connectivity index (χ0) is 21.6. The van der Waals surface area contributed by atoms with E-state index in [1.165, 1.54) is 0 Å². The number of hydrogen-bond acceptors (Lipinski definition) is 3. The number of aliphatic hydroxyl groups is 1. The van der Waals surface area contributed by atoms with Crippen molar-refractivity contribution >= 4 is 43.2 Å². The minimum absolute atomic E-state index is 0.0407. The van der Waals surface area contributed by atoms with Gasteiger partial charge in [0.2, 0.25) is 0 Å². The molecule has 26 heavy (non-hydrogen) atoms. The van der Waals surface area contributed by atoms with Gasteiger partial charge in [-0.1, -0.05) is 0 Å². The van der Waals surface area contributed by atoms with E-state index in [4.69, 9.17) is 5.11 Å². The molecule has 0 atom stereocenters. The third kappa shape index (κ3) is 6.19. The Morgan fingerprint density at radius 3 is 0.885 bits per heavy atom. The molecule has 0 fully saturated rings. The second-order valence-corrected chi connectivity index (χ2v) is 22.0. The molecule has 0 spiro atoms. The average Bonchev–Trinajstić information content (AvgIpc) is 2.19. The quantitative estimate of drug-likeness (QED) is 0.365. The third-order valence-electron chi connectivity index (χ3n) is 3.19. The zero-order valence-electron chi connectivity index (χ0n) is 19.1. The van der Waals surface area contributed by atoms with Gasteiger partial charge >= 0.3 is 167 Å². The van der Waals surface area contributed by atoms with Gasteiger partial charge in [0.25, 0.3) is 0 Å². The smallest absolute Gasteiger partial charge is 0.0319 e. The number of aliphatic hydroxyl groups excluding tert-OH is 1. The Kier molecular flexibility index (Phi) is 8.69. The molecule has 158 valence electrons. The van der Waals surface area contributed by atoms with Gasteiger partial charge in [-0.25, -0.2) is 0 Å². The summed E-state index contributed by atoms with van der Waals surface area (Å²) < 4.78 is 5.41. The molecule has 0 aromatic carbocycles. The largest absolute Gasteiger partial charge is 0.400 e. The average molecular weight is 538 g/mol. The Balaban J connectivity index is 0.00000301. The minimum atomic E-state index is -1.79. The van der Waals surface area contributed by atoms with Crippen LogP contribution in [0.5, 0.6) is 0 Å². The minimum Gasteiger partial charge on any atom is -0.400 e. The van der Waals surface area contributed by atoms with Crippen LogP contribution in [0, 0.1) is 0 Å². The van der Waals surface area contributed by atoms with Crippen LogP contribution in [0.1, 0.15) is 83.1 Å². The summed E-state index contributed by atoms with van der Waals surface area (Å²) in [6.45, 7) is 27.4. The Morgan fingerprint density at radius 2 is 0.769 bits per heavy atom. The van der Waals surface area contributed by atoms with E-state index >= 15 is 0 Å². The van der Waals surface area contributed by atoms with Gasteiger partial charge in [0.15, 0.2) is 0 Å². The SMILES string of the molecule is CC(C)(C)NP1([Se-])=[N+](C(C)(C)C)P([Se-])(NC(C)(C)C)=[N+]1C(C)(C)C.CO. The Bertz CT molecular complexity index is 561. The zero-order valence-corrected chi connectivity index (χ0v) is 24.3. The van der Waals surface area contributed by atoms with Gasteiger partial charge in [-0.05, 0) is 0 Å². The second kappa shape index (κ2) is 8.25. The monoisotopic (exact) mass is 540 g/mol. The number of nitrogens with zero attached hydrogens (tertiary/aromatic N) is 2. The number of rotatable bonds is 2. The summed E-state index contributed by atoms with van der Waals surface area (Å²) in [6.07, 6.45) is 0. The van der Waals surface area contributed by atoms with Crippen LogP contribution in [0.4, 0.5) is 0 Å². The molecule has 0 aromatic rings. The van der Waals surface area contributed by atoms with Crippen molar-refractivity contribution in [1.82, 2.24) is 10.2 Å². The van der Waals surface area contributed by atoms with E-state index in [2.05, 4.69) is 133 Å². The van der Waals surface area contributed by atoms with Crippen molar-refractivity contribution in [1.29, 1.82) is 0 Å². The summed E-state index contributed by atoms with van der Waals surface area (Å²) in [5.41, 5.74) is 0.185. The Hall–Kier alpha value is 1.38. The molecule has 3 N–H and O–H groups in total. The van der Waals surface area contributed by atoms with Gasteiger partial charge in [-0.2, -0.15) is 0 Å². The summed E-state index contributed by atoms with van der Waals surface area (Å²) in [5, 5.41) is 14.9. The Labute approximate surface area is 178 Å². The first-order valence-corrected chi connectivity index (χ1v) is 16.8. The van der Waals surface area contributed by atoms with Gasteiger partial charge in [0.1, 0.15) is 0 Å². The maximum absolute atomic E-state index is 7.00. The molecule has 0 unspecified atom stereocenters. The van der Waals surface area contributed by atoms with Crippen molar-refractivity contribution < 1.29 is 13.3 Å². The van der Waals surface area contributed by atoms with E-state index in [-0.39, 0.29) is 22.2 Å². The maximum atomic E-state index is 7.00. The first-order chi connectivity index (χ1) is 11.1. The molecule has 1 rings (SSSR count). The summed E-state index contributed by atoms with van der Waals surface area (Å²) in [5.74, 6) is 0. The van der Waals surface area contributed by atoms with Gasteiger partial charge in [-0.15, -0.1) is 0 Å². The molecule has 0 aromatic heterocycles. The summed E-state index contributed by atoms with van der Waals surface area (Å²) in [7, 11) is 1.00. The topological polar surface area (TPSA) is 50.3 Å². The first kappa shape index (κ1) is 27.4. The molecule has 0 saturated carbocycles. The maximum Gasteiger partial charge on any atom is 0.0319 e. The van der Waals surface area contributed by atoms with Crippen LogP contribution in [0.25, 0.3) is 0 Å². The molecule has 1 heterocycles. The molecule has 1 aliphatic heterocycles. The molecule has 0 bridgehead atoms. The molecule has 0 saturated heterocycles. The van der Waals surface area contributed by atoms with Crippen molar-refractivity contribution in [2.24, 2.45) is 0 Å². The van der Waals surface area contributed by atoms with Crippen LogP contribution in [0.15, 0.2) is 0 Å². The van der Waals surface area contributed by atoms with Gasteiger partial charge < -0.3 is 5.11 Å². The van der Waals surface area contributed by atoms with Crippen LogP contribution in [-0.4, -0.2) is 73.7 Å². The first-order valence-electron chi connectivity index (χ1n) is 9.01. The molecular formula is C17H42N4OP2Se2. The number of nitrogens with one attached hydrogen (secondary N) is 2. The van der Waals surface area contributed by atoms with Gasteiger partial charge in [-0.3, -0.25) is 0 Å². The van der Waals surface area contributed by atoms with E-state index in [0.29, 0.717) is 0 Å². The van der Waals surface area contributed by atoms with E-state index in [0.717, 1.165) is 7.11 Å². The van der Waals surface area contributed by atoms with Crippen molar-refractivity contribution in [3.8, 4) is 0 Å². The molecule has 0 aliphatic carbocycles. The summed E-state index contributed by atoms with van der Waals surface area (Å²) in [6, 6.07) is -3.58. The van der Waals surface area contributed by atoms with Crippen LogP contribution >= 0.6 is 12.1 Å². The fraction of sp³-hybridized carbons (Fsp3) is 1.00. The van der Waals surface area contributed by atoms with E-state index < -0.39 is 12.1 Å². The fourth-order valence-corrected chi connectivity index (χ4v) is 34.3. The van der Waals surface area contributed by atoms with Gasteiger partial charge in [0, 0.05) is 7.11 Å². The second-order valence-electron chi connectivity index (χ2n) is 10.7. The predicted molar refractivity (Wildman–Crippen MR) is 119 cm³/mol. The van der Waals surface area contributed by atoms with Crippen molar-refractivity contribution in [2.45, 2.75) is 105 Å². The molecule has 5 nitrogen and oxygen atoms in total. The van der Waals surface area contributed by atoms with Crippen molar-refractivity contribution in [3.05, 3.63) is 0 Å². The van der Waals surface area contributed by atoms with Crippen LogP contribution in [-0.2, 0) is 0 Å². The van der Waals surface area contributed by atoms with E-state index in [1.807, 2.05) is 0 Å². The fourth-order valence-electron chi connectivity index (χ4n) is 3.15. The standard InChI is InChI=1S/C16H36N4P2Se2.CH4O/c1-13(2,3)17-21(23)19(15(7,8)9)22(24,18-14(4,5)6)20(21)16(10,11)12;1-2/h1-12H3;2H,1H3/q-2;/p+2. The van der Waals surface area contributed by atoms with Crippen molar-refractivity contribution in [2.75, 3.05) is 7.11 Å². The van der Waals surface area contributed by atoms with Crippen molar-refractivity contribution in [3.63, 3.8) is 0 Å². The molecule has 0 amide bonds. The molecule has 9 heteroatoms. The van der Waals surface area contributed by atoms with E-state index in [1.54, 1.807) is 0 Å². The number of hydrogen-bond donors (Lipinski definition) is 3. The van der Waals surface area contributed by atoms with Gasteiger partial charge in [0.05, 0.1) is 0 Å². The molecule has 0 radical (unpaired) electrons. The molecular weight excluding hydrogens is 496 g/mol. The molecule has 1 aliphatic rings. The van der Waals surface area contributed by atoms with Crippen LogP contribution in [0.2, 0.25) is 0 Å². The summed E-state index contributed by atoms with van der Waals surface area (Å²) in [4.78, 5) is 0. The summed E-state index contributed by atoms with van der Waals surface area (Å²) >= 11 is 7.24. The Morgan fingerprint density at radius 1 is 0.577 bits per heavy atom. The third-order valence-corrected chi connectivity index (χ3v) is 21.2. The van der Waals surface area contributed by atoms with Crippen LogP contribution < -0.4 is 10.2 Å². The van der Waals surface area contributed by atoms with E-state index in [9.17, 15) is 0 Å². The van der Waals surface area contributed by atoms with Crippen LogP contribution in [0.3, 0.4) is 0 Å². The predicted octanol–water partition coefficient (Wildman–Crippen LogP) is 4.24. The normalized spacial score (nSPS) is 27.7.